The third-order valence-corrected chi connectivity index (χ3v) is 13.9. The van der Waals surface area contributed by atoms with E-state index in [0.717, 1.165) is 27.1 Å². The van der Waals surface area contributed by atoms with Gasteiger partial charge in [0.05, 0.1) is 32.3 Å². The number of nitrogens with two attached hydrogens (primary N) is 5. The molecule has 0 aliphatic heterocycles. The zero-order valence-electron chi connectivity index (χ0n) is 51.6. The predicted octanol–water partition coefficient (Wildman–Crippen LogP) is -1.50. The first-order valence-corrected chi connectivity index (χ1v) is 29.8. The van der Waals surface area contributed by atoms with Gasteiger partial charge in [-0.1, -0.05) is 100 Å². The SMILES string of the molecule is CC(C)C[C@H](NC(=O)CN(Cc1ccc2ccccc2c1)NC(=O)[C@H](C)NC(=O)[C@H](CCCCN)NC(=O)CNC(=O)[C@H](CO)NC(=O)[C@H](CC(C)C)NC(=O)[C@H](C)N)C(=O)N[C@@H](CCCN=C(N)N)C(=O)NN(CC(N)=O)Cc1ccc2ccccc2c1. The second-order valence-electron chi connectivity index (χ2n) is 22.8. The maximum atomic E-state index is 14.4. The van der Waals surface area contributed by atoms with E-state index in [0.29, 0.717) is 18.4 Å². The van der Waals surface area contributed by atoms with Gasteiger partial charge in [0.1, 0.15) is 36.3 Å². The van der Waals surface area contributed by atoms with Gasteiger partial charge in [-0.3, -0.25) is 63.8 Å². The molecule has 4 aromatic carbocycles. The zero-order chi connectivity index (χ0) is 65.7. The van der Waals surface area contributed by atoms with E-state index in [4.69, 9.17) is 28.7 Å². The van der Waals surface area contributed by atoms with Crippen LogP contribution in [0, 0.1) is 11.8 Å². The minimum absolute atomic E-state index is 0.0320. The highest BCUT2D eigenvalue weighted by Gasteiger charge is 2.32. The van der Waals surface area contributed by atoms with Gasteiger partial charge in [-0.2, -0.15) is 0 Å². The Morgan fingerprint density at radius 3 is 1.49 bits per heavy atom. The number of nitrogens with one attached hydrogen (secondary N) is 9. The van der Waals surface area contributed by atoms with Crippen LogP contribution in [0.3, 0.4) is 0 Å². The molecule has 0 bridgehead atoms. The van der Waals surface area contributed by atoms with Crippen molar-refractivity contribution in [3.05, 3.63) is 96.1 Å². The molecule has 0 aromatic heterocycles. The summed E-state index contributed by atoms with van der Waals surface area (Å²) in [4.78, 5) is 139. The van der Waals surface area contributed by atoms with Crippen molar-refractivity contribution in [1.82, 2.24) is 58.1 Å². The Morgan fingerprint density at radius 2 is 0.978 bits per heavy atom. The topological polar surface area (TPSA) is 448 Å². The fraction of sp³-hybridized carbons (Fsp3) is 0.492. The number of rotatable bonds is 38. The lowest BCUT2D eigenvalue weighted by Gasteiger charge is -2.29. The molecule has 10 amide bonds. The van der Waals surface area contributed by atoms with Crippen LogP contribution in [0.25, 0.3) is 21.5 Å². The van der Waals surface area contributed by atoms with Gasteiger partial charge in [-0.25, -0.2) is 10.0 Å². The Balaban J connectivity index is 1.50. The van der Waals surface area contributed by atoms with E-state index >= 15 is 0 Å². The molecule has 0 aliphatic carbocycles. The number of unbranched alkanes of at least 4 members (excludes halogenated alkanes) is 1. The number of carbonyl (C=O) groups excluding carboxylic acids is 10. The summed E-state index contributed by atoms with van der Waals surface area (Å²) >= 11 is 0. The second kappa shape index (κ2) is 37.1. The summed E-state index contributed by atoms with van der Waals surface area (Å²) in [7, 11) is 0. The Hall–Kier alpha value is -8.83. The van der Waals surface area contributed by atoms with Gasteiger partial charge < -0.3 is 71.0 Å². The number of fused-ring (bicyclic) bond motifs is 2. The van der Waals surface area contributed by atoms with Crippen molar-refractivity contribution >= 4 is 86.6 Å². The maximum Gasteiger partial charge on any atom is 0.256 e. The molecule has 0 spiro atoms. The molecule has 0 saturated carbocycles. The van der Waals surface area contributed by atoms with Gasteiger partial charge in [0.25, 0.3) is 11.8 Å². The van der Waals surface area contributed by atoms with Gasteiger partial charge in [0, 0.05) is 19.6 Å². The van der Waals surface area contributed by atoms with Crippen LogP contribution in [0.2, 0.25) is 0 Å². The summed E-state index contributed by atoms with van der Waals surface area (Å²) in [6.07, 6.45) is 1.49. The summed E-state index contributed by atoms with van der Waals surface area (Å²) in [5.74, 6) is -7.89. The van der Waals surface area contributed by atoms with Crippen molar-refractivity contribution in [2.45, 2.75) is 142 Å². The number of hydrogen-bond acceptors (Lipinski definition) is 16. The number of carbonyl (C=O) groups is 10. The molecule has 0 unspecified atom stereocenters. The van der Waals surface area contributed by atoms with Crippen LogP contribution in [-0.2, 0) is 61.0 Å². The zero-order valence-corrected chi connectivity index (χ0v) is 51.6. The van der Waals surface area contributed by atoms with E-state index in [1.165, 1.54) is 23.9 Å². The monoisotopic (exact) mass is 1240 g/mol. The molecule has 486 valence electrons. The third-order valence-electron chi connectivity index (χ3n) is 13.9. The van der Waals surface area contributed by atoms with Crippen molar-refractivity contribution in [1.29, 1.82) is 0 Å². The lowest BCUT2D eigenvalue weighted by Crippen LogP contribution is -2.59. The average Bonchev–Trinajstić information content (AvgIpc) is 3.22. The van der Waals surface area contributed by atoms with E-state index in [1.54, 1.807) is 0 Å². The molecular formula is C61H91N17O11. The summed E-state index contributed by atoms with van der Waals surface area (Å²) in [5.41, 5.74) is 35.1. The molecule has 28 nitrogen and oxygen atoms in total. The molecule has 0 aliphatic rings. The molecule has 28 heteroatoms. The average molecular weight is 1240 g/mol. The van der Waals surface area contributed by atoms with Crippen molar-refractivity contribution in [3.8, 4) is 0 Å². The summed E-state index contributed by atoms with van der Waals surface area (Å²) in [6.45, 7) is 8.13. The third kappa shape index (κ3) is 26.2. The normalized spacial score (nSPS) is 13.7. The molecule has 20 N–H and O–H groups in total. The standard InChI is InChI=1S/C61H91N17O11/c1-36(2)26-48(58(87)72-47(19-13-25-67-61(65)66)60(89)76-77(33-51(64)80)31-40-20-22-42-14-7-9-16-44(42)28-40)71-53(82)34-78(32-41-21-23-43-15-8-10-17-45(43)29-41)75-55(84)39(6)69-57(86)46(18-11-12-24-62)70-52(81)30-68-56(85)50(35-79)74-59(88)49(27-37(3)4)73-54(83)38(5)63/h7-10,14-17,20-23,28-29,36-39,46-50,79H,11-13,18-19,24-27,30-35,62-63H2,1-6H3,(H2,64,80)(H,68,85)(H,69,86)(H,70,81)(H,71,82)(H,72,87)(H,73,83)(H,74,88)(H,75,84)(H,76,89)(H4,65,66,67)/t38-,39-,46-,47-,48-,49-,50-/m0/s1. The van der Waals surface area contributed by atoms with Gasteiger partial charge >= 0.3 is 0 Å². The van der Waals surface area contributed by atoms with Crippen LogP contribution < -0.4 is 76.7 Å². The van der Waals surface area contributed by atoms with Crippen LogP contribution >= 0.6 is 0 Å². The number of primary amides is 1. The van der Waals surface area contributed by atoms with Crippen molar-refractivity contribution in [2.75, 3.05) is 39.3 Å². The number of aliphatic hydroxyl groups excluding tert-OH is 1. The van der Waals surface area contributed by atoms with Gasteiger partial charge in [-0.05, 0) is 122 Å². The molecule has 0 fully saturated rings. The molecule has 4 rings (SSSR count). The number of aliphatic hydroxyl groups is 1. The number of hydrogen-bond donors (Lipinski definition) is 15. The van der Waals surface area contributed by atoms with Crippen LogP contribution in [-0.4, -0.2) is 162 Å². The predicted molar refractivity (Wildman–Crippen MR) is 337 cm³/mol. The summed E-state index contributed by atoms with van der Waals surface area (Å²) in [6, 6.07) is 18.0. The fourth-order valence-electron chi connectivity index (χ4n) is 9.37. The lowest BCUT2D eigenvalue weighted by atomic mass is 10.0. The fourth-order valence-corrected chi connectivity index (χ4v) is 9.37. The van der Waals surface area contributed by atoms with Crippen molar-refractivity contribution in [2.24, 2.45) is 45.5 Å². The molecule has 0 saturated heterocycles. The molecule has 89 heavy (non-hydrogen) atoms. The van der Waals surface area contributed by atoms with Crippen LogP contribution in [0.1, 0.15) is 97.6 Å². The summed E-state index contributed by atoms with van der Waals surface area (Å²) < 4.78 is 0. The molecule has 0 heterocycles. The van der Waals surface area contributed by atoms with Crippen molar-refractivity contribution < 1.29 is 53.1 Å². The first kappa shape index (κ1) is 72.6. The number of guanidine groups is 1. The first-order chi connectivity index (χ1) is 42.2. The maximum absolute atomic E-state index is 14.4. The molecular weight excluding hydrogens is 1150 g/mol. The first-order valence-electron chi connectivity index (χ1n) is 29.8. The highest BCUT2D eigenvalue weighted by molar-refractivity contribution is 5.96. The largest absolute Gasteiger partial charge is 0.394 e. The number of aliphatic imine (C=N–C) groups is 1. The van der Waals surface area contributed by atoms with Crippen LogP contribution in [0.15, 0.2) is 89.9 Å². The Bertz CT molecular complexity index is 3080. The van der Waals surface area contributed by atoms with Gasteiger partial charge in [0.15, 0.2) is 5.96 Å². The number of benzene rings is 4. The van der Waals surface area contributed by atoms with Crippen LogP contribution in [0.5, 0.6) is 0 Å². The van der Waals surface area contributed by atoms with E-state index in [1.807, 2.05) is 113 Å². The Morgan fingerprint density at radius 1 is 0.506 bits per heavy atom. The molecule has 0 radical (unpaired) electrons. The van der Waals surface area contributed by atoms with E-state index in [2.05, 4.69) is 53.1 Å². The minimum Gasteiger partial charge on any atom is -0.394 e. The highest BCUT2D eigenvalue weighted by atomic mass is 16.3. The lowest BCUT2D eigenvalue weighted by molar-refractivity contribution is -0.136. The smallest absolute Gasteiger partial charge is 0.256 e. The van der Waals surface area contributed by atoms with Crippen molar-refractivity contribution in [3.63, 3.8) is 0 Å². The number of amides is 10. The Labute approximate surface area is 518 Å². The summed E-state index contributed by atoms with van der Waals surface area (Å²) in [5, 5.41) is 34.4. The second-order valence-corrected chi connectivity index (χ2v) is 22.8. The van der Waals surface area contributed by atoms with E-state index in [-0.39, 0.29) is 82.6 Å². The van der Waals surface area contributed by atoms with E-state index in [9.17, 15) is 53.1 Å². The Kier molecular flexibility index (Phi) is 30.3. The quantitative estimate of drug-likeness (QED) is 0.0105. The molecule has 4 aromatic rings. The minimum atomic E-state index is -1.52. The van der Waals surface area contributed by atoms with E-state index < -0.39 is 121 Å². The number of nitrogens with zero attached hydrogens (tertiary/aromatic N) is 3. The molecule has 7 atom stereocenters. The van der Waals surface area contributed by atoms with Crippen LogP contribution in [0.4, 0.5) is 0 Å². The van der Waals surface area contributed by atoms with Gasteiger partial charge in [0.2, 0.25) is 47.3 Å². The number of hydrazine groups is 2. The van der Waals surface area contributed by atoms with Gasteiger partial charge in [-0.15, -0.1) is 0 Å². The highest BCUT2D eigenvalue weighted by Crippen LogP contribution is 2.19.